The van der Waals surface area contributed by atoms with Crippen molar-refractivity contribution in [3.05, 3.63) is 34.9 Å². The van der Waals surface area contributed by atoms with Gasteiger partial charge in [0.25, 0.3) is 11.8 Å². The molecule has 0 bridgehead atoms. The van der Waals surface area contributed by atoms with Crippen molar-refractivity contribution in [1.29, 1.82) is 0 Å². The summed E-state index contributed by atoms with van der Waals surface area (Å²) >= 11 is 6.38. The number of imide groups is 1. The topological polar surface area (TPSA) is 79.0 Å². The van der Waals surface area contributed by atoms with Gasteiger partial charge >= 0.3 is 6.03 Å². The molecule has 1 atom stereocenters. The molecule has 4 amide bonds. The van der Waals surface area contributed by atoms with Gasteiger partial charge in [0.2, 0.25) is 0 Å². The Morgan fingerprint density at radius 1 is 1.30 bits per heavy atom. The number of piperidine rings is 1. The number of likely N-dealkylation sites (tertiary alicyclic amines) is 1. The average molecular weight is 432 g/mol. The summed E-state index contributed by atoms with van der Waals surface area (Å²) < 4.78 is 5.06. The summed E-state index contributed by atoms with van der Waals surface area (Å²) in [6.45, 7) is 3.07. The van der Waals surface area contributed by atoms with E-state index in [2.05, 4.69) is 17.2 Å². The quantitative estimate of drug-likeness (QED) is 0.552. The van der Waals surface area contributed by atoms with Gasteiger partial charge in [-0.15, -0.1) is 0 Å². The second kappa shape index (κ2) is 9.50. The Kier molecular flexibility index (Phi) is 7.01. The van der Waals surface area contributed by atoms with Crippen LogP contribution in [-0.2, 0) is 20.7 Å². The van der Waals surface area contributed by atoms with E-state index in [-0.39, 0.29) is 30.9 Å². The van der Waals surface area contributed by atoms with E-state index >= 15 is 0 Å². The molecule has 30 heavy (non-hydrogen) atoms. The van der Waals surface area contributed by atoms with Crippen molar-refractivity contribution >= 4 is 29.4 Å². The molecule has 1 unspecified atom stereocenters. The minimum Gasteiger partial charge on any atom is -0.383 e. The number of nitrogens with one attached hydrogen (secondary N) is 1. The third kappa shape index (κ3) is 4.30. The lowest BCUT2D eigenvalue weighted by atomic mass is 9.74. The predicted molar refractivity (Wildman–Crippen MR) is 113 cm³/mol. The third-order valence-electron chi connectivity index (χ3n) is 5.86. The molecule has 0 aromatic heterocycles. The molecule has 1 N–H and O–H groups in total. The molecular weight excluding hydrogens is 406 g/mol. The van der Waals surface area contributed by atoms with Crippen LogP contribution in [0.15, 0.2) is 24.3 Å². The SMILES string of the molecule is CC#CC(=O)N1CCC(C2(Cc3ccccc3Cl)NC(=O)N(CCOC)C2=O)CC1. The van der Waals surface area contributed by atoms with Gasteiger partial charge in [0, 0.05) is 31.6 Å². The van der Waals surface area contributed by atoms with Gasteiger partial charge in [0.15, 0.2) is 0 Å². The van der Waals surface area contributed by atoms with Gasteiger partial charge in [-0.25, -0.2) is 4.79 Å². The Balaban J connectivity index is 1.88. The van der Waals surface area contributed by atoms with Crippen LogP contribution in [0.4, 0.5) is 4.79 Å². The number of halogens is 1. The largest absolute Gasteiger partial charge is 0.383 e. The first-order chi connectivity index (χ1) is 14.4. The van der Waals surface area contributed by atoms with E-state index in [0.29, 0.717) is 37.4 Å². The molecule has 2 aliphatic rings. The molecule has 2 saturated heterocycles. The van der Waals surface area contributed by atoms with E-state index in [1.54, 1.807) is 17.9 Å². The van der Waals surface area contributed by atoms with E-state index in [9.17, 15) is 14.4 Å². The standard InChI is InChI=1S/C22H26ClN3O4/c1-3-6-19(27)25-11-9-17(10-12-25)22(15-16-7-4-5-8-18(16)23)20(28)26(13-14-30-2)21(29)24-22/h4-5,7-8,17H,9-15H2,1-2H3,(H,24,29). The van der Waals surface area contributed by atoms with E-state index in [0.717, 1.165) is 5.56 Å². The van der Waals surface area contributed by atoms with Gasteiger partial charge < -0.3 is 15.0 Å². The lowest BCUT2D eigenvalue weighted by molar-refractivity contribution is -0.135. The summed E-state index contributed by atoms with van der Waals surface area (Å²) in [7, 11) is 1.53. The molecule has 2 fully saturated rings. The van der Waals surface area contributed by atoms with Crippen LogP contribution in [0.3, 0.4) is 0 Å². The molecule has 1 aromatic carbocycles. The van der Waals surface area contributed by atoms with E-state index in [1.165, 1.54) is 12.0 Å². The molecule has 7 nitrogen and oxygen atoms in total. The number of carbonyl (C=O) groups is 3. The Labute approximate surface area is 181 Å². The summed E-state index contributed by atoms with van der Waals surface area (Å²) in [5.74, 6) is 4.59. The van der Waals surface area contributed by atoms with Crippen LogP contribution >= 0.6 is 11.6 Å². The smallest absolute Gasteiger partial charge is 0.325 e. The van der Waals surface area contributed by atoms with Crippen LogP contribution in [0, 0.1) is 17.8 Å². The number of ether oxygens (including phenoxy) is 1. The molecule has 0 radical (unpaired) electrons. The van der Waals surface area contributed by atoms with Crippen molar-refractivity contribution in [2.45, 2.75) is 31.7 Å². The molecule has 8 heteroatoms. The molecule has 0 aliphatic carbocycles. The van der Waals surface area contributed by atoms with Crippen molar-refractivity contribution in [2.24, 2.45) is 5.92 Å². The number of rotatable bonds is 6. The second-order valence-corrected chi connectivity index (χ2v) is 7.97. The molecule has 0 spiro atoms. The Bertz CT molecular complexity index is 886. The number of urea groups is 1. The van der Waals surface area contributed by atoms with Crippen LogP contribution in [0.1, 0.15) is 25.3 Å². The average Bonchev–Trinajstić information content (AvgIpc) is 2.98. The van der Waals surface area contributed by atoms with Gasteiger partial charge in [-0.05, 0) is 43.2 Å². The van der Waals surface area contributed by atoms with Gasteiger partial charge in [-0.2, -0.15) is 0 Å². The number of carbonyl (C=O) groups excluding carboxylic acids is 3. The van der Waals surface area contributed by atoms with Crippen molar-refractivity contribution in [1.82, 2.24) is 15.1 Å². The zero-order chi connectivity index (χ0) is 21.7. The highest BCUT2D eigenvalue weighted by atomic mass is 35.5. The highest BCUT2D eigenvalue weighted by Gasteiger charge is 2.56. The van der Waals surface area contributed by atoms with Crippen LogP contribution in [-0.4, -0.2) is 66.5 Å². The lowest BCUT2D eigenvalue weighted by Gasteiger charge is -2.40. The van der Waals surface area contributed by atoms with Crippen molar-refractivity contribution in [3.63, 3.8) is 0 Å². The highest BCUT2D eigenvalue weighted by molar-refractivity contribution is 6.31. The first-order valence-corrected chi connectivity index (χ1v) is 10.4. The van der Waals surface area contributed by atoms with E-state index in [1.807, 2.05) is 18.2 Å². The monoisotopic (exact) mass is 431 g/mol. The third-order valence-corrected chi connectivity index (χ3v) is 6.23. The van der Waals surface area contributed by atoms with Crippen LogP contribution < -0.4 is 5.32 Å². The number of methoxy groups -OCH3 is 1. The zero-order valence-corrected chi connectivity index (χ0v) is 18.0. The maximum atomic E-state index is 13.5. The normalized spacial score (nSPS) is 22.0. The number of amides is 4. The fraction of sp³-hybridized carbons (Fsp3) is 0.500. The second-order valence-electron chi connectivity index (χ2n) is 7.56. The van der Waals surface area contributed by atoms with Gasteiger partial charge in [0.1, 0.15) is 5.54 Å². The zero-order valence-electron chi connectivity index (χ0n) is 17.2. The number of hydrogen-bond acceptors (Lipinski definition) is 4. The molecule has 0 saturated carbocycles. The summed E-state index contributed by atoms with van der Waals surface area (Å²) in [6, 6.07) is 6.93. The Morgan fingerprint density at radius 2 is 2.00 bits per heavy atom. The molecular formula is C22H26ClN3O4. The molecule has 2 aliphatic heterocycles. The summed E-state index contributed by atoms with van der Waals surface area (Å²) in [5.41, 5.74) is -0.293. The fourth-order valence-electron chi connectivity index (χ4n) is 4.27. The first-order valence-electron chi connectivity index (χ1n) is 10.0. The van der Waals surface area contributed by atoms with Crippen LogP contribution in [0.5, 0.6) is 0 Å². The highest BCUT2D eigenvalue weighted by Crippen LogP contribution is 2.37. The maximum absolute atomic E-state index is 13.5. The van der Waals surface area contributed by atoms with E-state index in [4.69, 9.17) is 16.3 Å². The predicted octanol–water partition coefficient (Wildman–Crippen LogP) is 2.08. The molecule has 2 heterocycles. The lowest BCUT2D eigenvalue weighted by Crippen LogP contribution is -2.58. The van der Waals surface area contributed by atoms with Crippen LogP contribution in [0.2, 0.25) is 5.02 Å². The number of nitrogens with zero attached hydrogens (tertiary/aromatic N) is 2. The molecule has 160 valence electrons. The summed E-state index contributed by atoms with van der Waals surface area (Å²) in [5, 5.41) is 3.54. The van der Waals surface area contributed by atoms with Gasteiger partial charge in [0.05, 0.1) is 13.2 Å². The van der Waals surface area contributed by atoms with Crippen LogP contribution in [0.25, 0.3) is 0 Å². The summed E-state index contributed by atoms with van der Waals surface area (Å²) in [4.78, 5) is 41.2. The first kappa shape index (κ1) is 22.1. The minimum atomic E-state index is -1.10. The number of hydrogen-bond donors (Lipinski definition) is 1. The summed E-state index contributed by atoms with van der Waals surface area (Å²) in [6.07, 6.45) is 1.48. The molecule has 1 aromatic rings. The maximum Gasteiger partial charge on any atom is 0.325 e. The fourth-order valence-corrected chi connectivity index (χ4v) is 4.48. The Hall–Kier alpha value is -2.56. The minimum absolute atomic E-state index is 0.128. The van der Waals surface area contributed by atoms with Gasteiger partial charge in [-0.3, -0.25) is 14.5 Å². The van der Waals surface area contributed by atoms with Crippen molar-refractivity contribution < 1.29 is 19.1 Å². The number of benzene rings is 1. The Morgan fingerprint density at radius 3 is 2.63 bits per heavy atom. The van der Waals surface area contributed by atoms with Gasteiger partial charge in [-0.1, -0.05) is 35.7 Å². The van der Waals surface area contributed by atoms with Crippen molar-refractivity contribution in [3.8, 4) is 11.8 Å². The van der Waals surface area contributed by atoms with E-state index < -0.39 is 11.6 Å². The van der Waals surface area contributed by atoms with Crippen molar-refractivity contribution in [2.75, 3.05) is 33.4 Å². The molecule has 3 rings (SSSR count).